The van der Waals surface area contributed by atoms with E-state index in [1.807, 2.05) is 42.3 Å². The minimum atomic E-state index is 0.118. The number of carbonyl (C=O) groups is 1. The third-order valence-electron chi connectivity index (χ3n) is 5.47. The first-order chi connectivity index (χ1) is 13.2. The highest BCUT2D eigenvalue weighted by Gasteiger charge is 2.31. The lowest BCUT2D eigenvalue weighted by molar-refractivity contribution is -0.136. The second-order valence-electron chi connectivity index (χ2n) is 7.26. The average molecular weight is 366 g/mol. The van der Waals surface area contributed by atoms with Crippen molar-refractivity contribution < 1.29 is 4.79 Å². The van der Waals surface area contributed by atoms with Gasteiger partial charge in [-0.1, -0.05) is 6.07 Å². The number of piperidine rings is 1. The molecule has 0 bridgehead atoms. The molecule has 2 saturated heterocycles. The van der Waals surface area contributed by atoms with Gasteiger partial charge in [-0.05, 0) is 38.0 Å². The zero-order valence-electron chi connectivity index (χ0n) is 15.8. The number of piperazine rings is 1. The van der Waals surface area contributed by atoms with Gasteiger partial charge in [0.1, 0.15) is 5.82 Å². The summed E-state index contributed by atoms with van der Waals surface area (Å²) in [4.78, 5) is 32.7. The van der Waals surface area contributed by atoms with Crippen LogP contribution in [0.1, 0.15) is 18.5 Å². The van der Waals surface area contributed by atoms with Gasteiger partial charge in [0.2, 0.25) is 11.9 Å². The number of aryl methyl sites for hydroxylation is 1. The van der Waals surface area contributed by atoms with Crippen LogP contribution in [-0.2, 0) is 4.79 Å². The predicted molar refractivity (Wildman–Crippen MR) is 105 cm³/mol. The zero-order valence-corrected chi connectivity index (χ0v) is 15.8. The first kappa shape index (κ1) is 17.7. The maximum atomic E-state index is 12.9. The van der Waals surface area contributed by atoms with E-state index in [-0.39, 0.29) is 5.92 Å². The van der Waals surface area contributed by atoms with Crippen LogP contribution in [-0.4, -0.2) is 65.0 Å². The summed E-state index contributed by atoms with van der Waals surface area (Å²) in [6, 6.07) is 7.87. The lowest BCUT2D eigenvalue weighted by atomic mass is 9.95. The minimum Gasteiger partial charge on any atom is -0.353 e. The number of carbonyl (C=O) groups excluding carboxylic acids is 1. The molecule has 0 saturated carbocycles. The molecule has 2 aliphatic heterocycles. The molecule has 142 valence electrons. The number of rotatable bonds is 3. The third kappa shape index (κ3) is 4.02. The van der Waals surface area contributed by atoms with Crippen LogP contribution < -0.4 is 9.80 Å². The van der Waals surface area contributed by atoms with Crippen LogP contribution in [0.5, 0.6) is 0 Å². The second-order valence-corrected chi connectivity index (χ2v) is 7.26. The summed E-state index contributed by atoms with van der Waals surface area (Å²) in [6.45, 7) is 6.90. The van der Waals surface area contributed by atoms with Gasteiger partial charge in [-0.2, -0.15) is 0 Å². The monoisotopic (exact) mass is 366 g/mol. The Morgan fingerprint density at radius 1 is 0.926 bits per heavy atom. The summed E-state index contributed by atoms with van der Waals surface area (Å²) in [5.41, 5.74) is 0.976. The Bertz CT molecular complexity index is 767. The van der Waals surface area contributed by atoms with Crippen LogP contribution >= 0.6 is 0 Å². The standard InChI is InChI=1S/C20H26N6O/c1-16-5-9-22-20(23-16)26-10-6-17(7-11-26)19(27)25-14-12-24(13-15-25)18-4-2-3-8-21-18/h2-5,8-9,17H,6-7,10-15H2,1H3. The molecule has 0 unspecified atom stereocenters. The lowest BCUT2D eigenvalue weighted by Crippen LogP contribution is -2.52. The Morgan fingerprint density at radius 2 is 1.70 bits per heavy atom. The molecule has 0 atom stereocenters. The van der Waals surface area contributed by atoms with Crippen LogP contribution in [0.3, 0.4) is 0 Å². The first-order valence-electron chi connectivity index (χ1n) is 9.70. The van der Waals surface area contributed by atoms with Crippen molar-refractivity contribution in [1.29, 1.82) is 0 Å². The normalized spacial score (nSPS) is 18.6. The van der Waals surface area contributed by atoms with Gasteiger partial charge in [-0.25, -0.2) is 15.0 Å². The fraction of sp³-hybridized carbons (Fsp3) is 0.500. The van der Waals surface area contributed by atoms with E-state index in [2.05, 4.69) is 24.8 Å². The minimum absolute atomic E-state index is 0.118. The summed E-state index contributed by atoms with van der Waals surface area (Å²) in [7, 11) is 0. The summed E-state index contributed by atoms with van der Waals surface area (Å²) < 4.78 is 0. The van der Waals surface area contributed by atoms with E-state index < -0.39 is 0 Å². The van der Waals surface area contributed by atoms with Crippen molar-refractivity contribution in [2.24, 2.45) is 5.92 Å². The van der Waals surface area contributed by atoms with Crippen molar-refractivity contribution in [2.45, 2.75) is 19.8 Å². The van der Waals surface area contributed by atoms with E-state index in [0.717, 1.165) is 69.6 Å². The molecular formula is C20H26N6O. The number of hydrogen-bond donors (Lipinski definition) is 0. The topological polar surface area (TPSA) is 65.5 Å². The van der Waals surface area contributed by atoms with E-state index in [1.165, 1.54) is 0 Å². The van der Waals surface area contributed by atoms with Crippen LogP contribution in [0.25, 0.3) is 0 Å². The van der Waals surface area contributed by atoms with Gasteiger partial charge in [0.15, 0.2) is 0 Å². The van der Waals surface area contributed by atoms with Crippen molar-refractivity contribution in [3.05, 3.63) is 42.4 Å². The van der Waals surface area contributed by atoms with Crippen LogP contribution in [0, 0.1) is 12.8 Å². The van der Waals surface area contributed by atoms with E-state index >= 15 is 0 Å². The van der Waals surface area contributed by atoms with Crippen molar-refractivity contribution in [3.63, 3.8) is 0 Å². The number of nitrogens with zero attached hydrogens (tertiary/aromatic N) is 6. The number of pyridine rings is 1. The molecular weight excluding hydrogens is 340 g/mol. The Balaban J connectivity index is 1.29. The Hall–Kier alpha value is -2.70. The smallest absolute Gasteiger partial charge is 0.225 e. The molecule has 0 aliphatic carbocycles. The van der Waals surface area contributed by atoms with Gasteiger partial charge in [-0.15, -0.1) is 0 Å². The molecule has 2 aliphatic rings. The molecule has 2 aromatic rings. The molecule has 0 spiro atoms. The van der Waals surface area contributed by atoms with E-state index in [1.54, 1.807) is 6.20 Å². The number of aromatic nitrogens is 3. The van der Waals surface area contributed by atoms with Crippen molar-refractivity contribution >= 4 is 17.7 Å². The maximum Gasteiger partial charge on any atom is 0.225 e. The van der Waals surface area contributed by atoms with Crippen molar-refractivity contribution in [1.82, 2.24) is 19.9 Å². The first-order valence-corrected chi connectivity index (χ1v) is 9.70. The fourth-order valence-corrected chi connectivity index (χ4v) is 3.87. The summed E-state index contributed by atoms with van der Waals surface area (Å²) in [5.74, 6) is 2.20. The van der Waals surface area contributed by atoms with Gasteiger partial charge in [-0.3, -0.25) is 4.79 Å². The van der Waals surface area contributed by atoms with Gasteiger partial charge in [0.25, 0.3) is 0 Å². The third-order valence-corrected chi connectivity index (χ3v) is 5.47. The predicted octanol–water partition coefficient (Wildman–Crippen LogP) is 1.75. The van der Waals surface area contributed by atoms with E-state index in [9.17, 15) is 4.79 Å². The van der Waals surface area contributed by atoms with Gasteiger partial charge >= 0.3 is 0 Å². The van der Waals surface area contributed by atoms with Crippen LogP contribution in [0.2, 0.25) is 0 Å². The highest BCUT2D eigenvalue weighted by molar-refractivity contribution is 5.79. The molecule has 27 heavy (non-hydrogen) atoms. The molecule has 1 amide bonds. The van der Waals surface area contributed by atoms with Gasteiger partial charge < -0.3 is 14.7 Å². The largest absolute Gasteiger partial charge is 0.353 e. The zero-order chi connectivity index (χ0) is 18.6. The number of hydrogen-bond acceptors (Lipinski definition) is 6. The average Bonchev–Trinajstić information content (AvgIpc) is 2.74. The van der Waals surface area contributed by atoms with Gasteiger partial charge in [0.05, 0.1) is 0 Å². The highest BCUT2D eigenvalue weighted by Crippen LogP contribution is 2.23. The Morgan fingerprint density at radius 3 is 2.37 bits per heavy atom. The number of amides is 1. The molecule has 2 aromatic heterocycles. The lowest BCUT2D eigenvalue weighted by Gasteiger charge is -2.39. The number of anilines is 2. The SMILES string of the molecule is Cc1ccnc(N2CCC(C(=O)N3CCN(c4ccccn4)CC3)CC2)n1. The summed E-state index contributed by atoms with van der Waals surface area (Å²) in [6.07, 6.45) is 5.36. The van der Waals surface area contributed by atoms with Crippen molar-refractivity contribution in [3.8, 4) is 0 Å². The fourth-order valence-electron chi connectivity index (χ4n) is 3.87. The highest BCUT2D eigenvalue weighted by atomic mass is 16.2. The van der Waals surface area contributed by atoms with E-state index in [0.29, 0.717) is 5.91 Å². The van der Waals surface area contributed by atoms with Crippen LogP contribution in [0.15, 0.2) is 36.7 Å². The van der Waals surface area contributed by atoms with Crippen molar-refractivity contribution in [2.75, 3.05) is 49.1 Å². The van der Waals surface area contributed by atoms with Gasteiger partial charge in [0, 0.05) is 63.3 Å². The molecule has 0 N–H and O–H groups in total. The summed E-state index contributed by atoms with van der Waals surface area (Å²) >= 11 is 0. The van der Waals surface area contributed by atoms with Crippen LogP contribution in [0.4, 0.5) is 11.8 Å². The molecule has 4 rings (SSSR count). The Kier molecular flexibility index (Phi) is 5.18. The Labute approximate surface area is 160 Å². The molecule has 7 nitrogen and oxygen atoms in total. The maximum absolute atomic E-state index is 12.9. The quantitative estimate of drug-likeness (QED) is 0.825. The molecule has 2 fully saturated rings. The molecule has 4 heterocycles. The molecule has 0 aromatic carbocycles. The molecule has 7 heteroatoms. The summed E-state index contributed by atoms with van der Waals surface area (Å²) in [5, 5.41) is 0. The molecule has 0 radical (unpaired) electrons. The second kappa shape index (κ2) is 7.90. The van der Waals surface area contributed by atoms with E-state index in [4.69, 9.17) is 0 Å².